The standard InChI is InChI=1S/C20H18N8O2/c1-26-16-17(25-19(26)24-15-7-8-21-11-22-15)27(2)20(30)28(18(16)29)10-13-9-12-5-3-4-6-14(12)23-13/h3-9,11,23H,10H2,1-2H3,(H,21,22,24,25). The molecule has 5 aromatic rings. The second-order valence-corrected chi connectivity index (χ2v) is 7.00. The summed E-state index contributed by atoms with van der Waals surface area (Å²) in [5.74, 6) is 0.936. The third-order valence-corrected chi connectivity index (χ3v) is 5.10. The van der Waals surface area contributed by atoms with Crippen LogP contribution in [0.25, 0.3) is 22.1 Å². The smallest absolute Gasteiger partial charge is 0.332 e. The highest BCUT2D eigenvalue weighted by Gasteiger charge is 2.19. The number of benzene rings is 1. The van der Waals surface area contributed by atoms with E-state index < -0.39 is 11.2 Å². The van der Waals surface area contributed by atoms with Crippen LogP contribution in [0.3, 0.4) is 0 Å². The molecule has 0 bridgehead atoms. The Kier molecular flexibility index (Phi) is 3.98. The third kappa shape index (κ3) is 2.77. The van der Waals surface area contributed by atoms with Gasteiger partial charge in [0.1, 0.15) is 12.1 Å². The molecule has 150 valence electrons. The lowest BCUT2D eigenvalue weighted by atomic mass is 10.2. The Morgan fingerprint density at radius 2 is 1.93 bits per heavy atom. The monoisotopic (exact) mass is 402 g/mol. The molecule has 0 aliphatic heterocycles. The van der Waals surface area contributed by atoms with Crippen LogP contribution in [0.4, 0.5) is 11.8 Å². The SMILES string of the molecule is Cn1c(Nc2ccncn2)nc2c1c(=O)n(Cc1cc3ccccc3[nH]1)c(=O)n2C. The number of imidazole rings is 1. The van der Waals surface area contributed by atoms with Crippen molar-refractivity contribution in [1.82, 2.24) is 33.6 Å². The van der Waals surface area contributed by atoms with Gasteiger partial charge >= 0.3 is 5.69 Å². The van der Waals surface area contributed by atoms with Crippen LogP contribution in [0.15, 0.2) is 58.5 Å². The molecule has 0 spiro atoms. The maximum absolute atomic E-state index is 13.2. The molecule has 2 N–H and O–H groups in total. The van der Waals surface area contributed by atoms with Crippen molar-refractivity contribution >= 4 is 33.8 Å². The van der Waals surface area contributed by atoms with Crippen LogP contribution in [0.2, 0.25) is 0 Å². The molecule has 0 saturated heterocycles. The Morgan fingerprint density at radius 1 is 1.10 bits per heavy atom. The first-order valence-electron chi connectivity index (χ1n) is 9.29. The molecule has 0 aliphatic carbocycles. The molecule has 4 heterocycles. The van der Waals surface area contributed by atoms with Gasteiger partial charge in [-0.3, -0.25) is 13.9 Å². The molecule has 0 fully saturated rings. The summed E-state index contributed by atoms with van der Waals surface area (Å²) in [6.45, 7) is 0.135. The van der Waals surface area contributed by atoms with E-state index in [1.165, 1.54) is 15.5 Å². The van der Waals surface area contributed by atoms with Crippen molar-refractivity contribution in [2.75, 3.05) is 5.32 Å². The largest absolute Gasteiger partial charge is 0.357 e. The molecule has 0 aliphatic rings. The number of nitrogens with one attached hydrogen (secondary N) is 2. The molecule has 0 saturated carbocycles. The number of hydrogen-bond donors (Lipinski definition) is 2. The van der Waals surface area contributed by atoms with Crippen LogP contribution in [0.1, 0.15) is 5.69 Å². The van der Waals surface area contributed by atoms with E-state index in [9.17, 15) is 9.59 Å². The zero-order chi connectivity index (χ0) is 20.8. The van der Waals surface area contributed by atoms with Gasteiger partial charge in [0.25, 0.3) is 5.56 Å². The first kappa shape index (κ1) is 17.9. The van der Waals surface area contributed by atoms with Crippen molar-refractivity contribution < 1.29 is 0 Å². The average molecular weight is 402 g/mol. The van der Waals surface area contributed by atoms with Crippen molar-refractivity contribution in [3.8, 4) is 0 Å². The van der Waals surface area contributed by atoms with Gasteiger partial charge in [0.2, 0.25) is 5.95 Å². The average Bonchev–Trinajstić information content (AvgIpc) is 3.31. The Labute approximate surface area is 169 Å². The fraction of sp³-hybridized carbons (Fsp3) is 0.150. The lowest BCUT2D eigenvalue weighted by molar-refractivity contribution is 0.648. The minimum absolute atomic E-state index is 0.135. The first-order chi connectivity index (χ1) is 14.5. The van der Waals surface area contributed by atoms with Crippen LogP contribution >= 0.6 is 0 Å². The van der Waals surface area contributed by atoms with Crippen LogP contribution < -0.4 is 16.6 Å². The second-order valence-electron chi connectivity index (χ2n) is 7.00. The van der Waals surface area contributed by atoms with E-state index in [-0.39, 0.29) is 6.54 Å². The first-order valence-corrected chi connectivity index (χ1v) is 9.29. The van der Waals surface area contributed by atoms with Gasteiger partial charge in [0.05, 0.1) is 6.54 Å². The summed E-state index contributed by atoms with van der Waals surface area (Å²) in [5.41, 5.74) is 1.52. The quantitative estimate of drug-likeness (QED) is 0.471. The molecule has 5 rings (SSSR count). The molecular formula is C20H18N8O2. The topological polar surface area (TPSA) is 115 Å². The van der Waals surface area contributed by atoms with Crippen molar-refractivity contribution in [2.45, 2.75) is 6.54 Å². The van der Waals surface area contributed by atoms with E-state index in [2.05, 4.69) is 25.3 Å². The maximum Gasteiger partial charge on any atom is 0.332 e. The van der Waals surface area contributed by atoms with Crippen LogP contribution in [-0.2, 0) is 20.6 Å². The van der Waals surface area contributed by atoms with Gasteiger partial charge in [-0.2, -0.15) is 4.98 Å². The van der Waals surface area contributed by atoms with Crippen LogP contribution in [-0.4, -0.2) is 33.6 Å². The number of aromatic amines is 1. The number of nitrogens with zero attached hydrogens (tertiary/aromatic N) is 6. The van der Waals surface area contributed by atoms with Crippen molar-refractivity contribution in [3.63, 3.8) is 0 Å². The van der Waals surface area contributed by atoms with Gasteiger partial charge in [-0.25, -0.2) is 14.8 Å². The van der Waals surface area contributed by atoms with Crippen LogP contribution in [0, 0.1) is 0 Å². The summed E-state index contributed by atoms with van der Waals surface area (Å²) in [6, 6.07) is 11.4. The van der Waals surface area contributed by atoms with Crippen LogP contribution in [0.5, 0.6) is 0 Å². The Balaban J connectivity index is 1.63. The number of rotatable bonds is 4. The molecular weight excluding hydrogens is 384 g/mol. The number of fused-ring (bicyclic) bond motifs is 2. The number of anilines is 2. The number of hydrogen-bond acceptors (Lipinski definition) is 6. The molecule has 10 heteroatoms. The van der Waals surface area contributed by atoms with E-state index >= 15 is 0 Å². The predicted molar refractivity (Wildman–Crippen MR) is 113 cm³/mol. The normalized spacial score (nSPS) is 11.4. The molecule has 0 unspecified atom stereocenters. The van der Waals surface area contributed by atoms with Gasteiger partial charge in [0.15, 0.2) is 11.2 Å². The summed E-state index contributed by atoms with van der Waals surface area (Å²) in [5, 5.41) is 4.08. The Hall–Kier alpha value is -4.21. The summed E-state index contributed by atoms with van der Waals surface area (Å²) in [6.07, 6.45) is 3.01. The summed E-state index contributed by atoms with van der Waals surface area (Å²) in [4.78, 5) is 41.8. The van der Waals surface area contributed by atoms with E-state index in [0.29, 0.717) is 22.9 Å². The van der Waals surface area contributed by atoms with Gasteiger partial charge in [-0.05, 0) is 23.6 Å². The maximum atomic E-state index is 13.2. The third-order valence-electron chi connectivity index (χ3n) is 5.10. The van der Waals surface area contributed by atoms with Crippen molar-refractivity contribution in [1.29, 1.82) is 0 Å². The Bertz CT molecular complexity index is 1470. The zero-order valence-corrected chi connectivity index (χ0v) is 16.3. The molecule has 0 atom stereocenters. The van der Waals surface area contributed by atoms with E-state index in [1.54, 1.807) is 30.9 Å². The lowest BCUT2D eigenvalue weighted by Crippen LogP contribution is -2.39. The van der Waals surface area contributed by atoms with E-state index in [4.69, 9.17) is 0 Å². The fourth-order valence-electron chi connectivity index (χ4n) is 3.56. The predicted octanol–water partition coefficient (Wildman–Crippen LogP) is 1.50. The summed E-state index contributed by atoms with van der Waals surface area (Å²) < 4.78 is 4.22. The highest BCUT2D eigenvalue weighted by Crippen LogP contribution is 2.18. The second kappa shape index (κ2) is 6.69. The lowest BCUT2D eigenvalue weighted by Gasteiger charge is -2.08. The van der Waals surface area contributed by atoms with Gasteiger partial charge in [0, 0.05) is 31.5 Å². The van der Waals surface area contributed by atoms with Gasteiger partial charge in [-0.15, -0.1) is 0 Å². The number of para-hydroxylation sites is 1. The number of aryl methyl sites for hydroxylation is 2. The van der Waals surface area contributed by atoms with Crippen molar-refractivity contribution in [3.05, 3.63) is 75.5 Å². The Morgan fingerprint density at radius 3 is 2.70 bits per heavy atom. The highest BCUT2D eigenvalue weighted by molar-refractivity contribution is 5.80. The number of H-pyrrole nitrogens is 1. The van der Waals surface area contributed by atoms with E-state index in [0.717, 1.165) is 16.6 Å². The highest BCUT2D eigenvalue weighted by atomic mass is 16.2. The molecule has 0 radical (unpaired) electrons. The summed E-state index contributed by atoms with van der Waals surface area (Å²) >= 11 is 0. The number of aromatic nitrogens is 7. The molecule has 4 aromatic heterocycles. The molecule has 0 amide bonds. The molecule has 30 heavy (non-hydrogen) atoms. The summed E-state index contributed by atoms with van der Waals surface area (Å²) in [7, 11) is 3.32. The zero-order valence-electron chi connectivity index (χ0n) is 16.3. The minimum atomic E-state index is -0.433. The van der Waals surface area contributed by atoms with Crippen molar-refractivity contribution in [2.24, 2.45) is 14.1 Å². The molecule has 1 aromatic carbocycles. The van der Waals surface area contributed by atoms with E-state index in [1.807, 2.05) is 30.3 Å². The van der Waals surface area contributed by atoms with Gasteiger partial charge < -0.3 is 14.9 Å². The molecule has 10 nitrogen and oxygen atoms in total. The minimum Gasteiger partial charge on any atom is -0.357 e. The van der Waals surface area contributed by atoms with Gasteiger partial charge in [-0.1, -0.05) is 18.2 Å². The fourth-order valence-corrected chi connectivity index (χ4v) is 3.56.